The summed E-state index contributed by atoms with van der Waals surface area (Å²) in [5.41, 5.74) is 7.86. The van der Waals surface area contributed by atoms with Crippen molar-refractivity contribution in [1.82, 2.24) is 5.32 Å². The van der Waals surface area contributed by atoms with Crippen LogP contribution < -0.4 is 11.1 Å². The average molecular weight is 314 g/mol. The summed E-state index contributed by atoms with van der Waals surface area (Å²) < 4.78 is 17.3. The molecule has 0 amide bonds. The molecular weight excluding hydrogens is 292 g/mol. The first-order valence-electron chi connectivity index (χ1n) is 7.31. The van der Waals surface area contributed by atoms with E-state index in [4.69, 9.17) is 8.48 Å². The normalized spacial score (nSPS) is 29.3. The van der Waals surface area contributed by atoms with E-state index in [2.05, 4.69) is 21.2 Å². The van der Waals surface area contributed by atoms with E-state index in [1.54, 1.807) is 6.07 Å². The molecule has 0 bridgehead atoms. The maximum Gasteiger partial charge on any atom is 0.0541 e. The van der Waals surface area contributed by atoms with Gasteiger partial charge in [-0.15, -0.1) is 0 Å². The molecule has 1 aromatic carbocycles. The van der Waals surface area contributed by atoms with Crippen LogP contribution in [0.15, 0.2) is 16.6 Å². The number of benzene rings is 1. The summed E-state index contributed by atoms with van der Waals surface area (Å²) >= 11 is 3.37. The van der Waals surface area contributed by atoms with Crippen LogP contribution in [0.3, 0.4) is 0 Å². The van der Waals surface area contributed by atoms with Gasteiger partial charge in [0.15, 0.2) is 0 Å². The van der Waals surface area contributed by atoms with Crippen molar-refractivity contribution >= 4 is 21.6 Å². The second-order valence-corrected chi connectivity index (χ2v) is 5.84. The Morgan fingerprint density at radius 2 is 2.22 bits per heavy atom. The number of aryl methyl sites for hydroxylation is 1. The van der Waals surface area contributed by atoms with Gasteiger partial charge in [0.05, 0.1) is 11.8 Å². The summed E-state index contributed by atoms with van der Waals surface area (Å²) in [4.78, 5) is 0. The smallest absolute Gasteiger partial charge is 0.0541 e. The number of nitrogens with one attached hydrogen (secondary N) is 1. The van der Waals surface area contributed by atoms with Gasteiger partial charge in [-0.1, -0.05) is 6.07 Å². The standard InChI is InChI=1S/C14H21BrN2O/c1-9-6-10(14(16)13(15)7-9)8-17-11-2-4-12(18)5-3-11/h6-7,11-12,17-18H,2-5,8,16H2,1H3/i8DH. The largest absolute Gasteiger partial charge is 0.398 e. The summed E-state index contributed by atoms with van der Waals surface area (Å²) in [5.74, 6) is 0. The quantitative estimate of drug-likeness (QED) is 0.752. The fraction of sp³-hybridized carbons (Fsp3) is 0.571. The lowest BCUT2D eigenvalue weighted by atomic mass is 9.93. The number of hydrogen-bond donors (Lipinski definition) is 3. The van der Waals surface area contributed by atoms with Crippen molar-refractivity contribution in [3.05, 3.63) is 27.7 Å². The molecule has 1 aliphatic carbocycles. The minimum absolute atomic E-state index is 0.0760. The van der Waals surface area contributed by atoms with Gasteiger partial charge in [0, 0.05) is 19.8 Å². The van der Waals surface area contributed by atoms with E-state index in [9.17, 15) is 5.11 Å². The summed E-state index contributed by atoms with van der Waals surface area (Å²) in [6.07, 6.45) is 2.78. The van der Waals surface area contributed by atoms with Crippen molar-refractivity contribution in [1.29, 1.82) is 0 Å². The fourth-order valence-electron chi connectivity index (χ4n) is 2.26. The lowest BCUT2D eigenvalue weighted by Gasteiger charge is -2.26. The highest BCUT2D eigenvalue weighted by Crippen LogP contribution is 2.26. The number of anilines is 1. The third-order valence-corrected chi connectivity index (χ3v) is 4.04. The molecule has 4 heteroatoms. The van der Waals surface area contributed by atoms with Crippen LogP contribution in [0.1, 0.15) is 39.6 Å². The molecule has 1 aromatic rings. The van der Waals surface area contributed by atoms with E-state index < -0.39 is 6.50 Å². The molecule has 0 saturated heterocycles. The van der Waals surface area contributed by atoms with Crippen LogP contribution in [0.25, 0.3) is 0 Å². The van der Waals surface area contributed by atoms with E-state index in [-0.39, 0.29) is 12.1 Å². The number of hydrogen-bond acceptors (Lipinski definition) is 3. The van der Waals surface area contributed by atoms with Crippen molar-refractivity contribution in [2.24, 2.45) is 0 Å². The number of nitrogens with two attached hydrogens (primary N) is 1. The number of rotatable bonds is 3. The Kier molecular flexibility index (Phi) is 3.78. The van der Waals surface area contributed by atoms with Crippen molar-refractivity contribution in [2.45, 2.75) is 51.2 Å². The van der Waals surface area contributed by atoms with Crippen LogP contribution in [0.4, 0.5) is 5.69 Å². The summed E-state index contributed by atoms with van der Waals surface area (Å²) in [6.45, 7) is 0.242. The highest BCUT2D eigenvalue weighted by atomic mass is 79.9. The van der Waals surface area contributed by atoms with Crippen molar-refractivity contribution in [2.75, 3.05) is 5.73 Å². The number of halogens is 1. The number of aliphatic hydroxyl groups is 1. The summed E-state index contributed by atoms with van der Waals surface area (Å²) in [6, 6.07) is 3.74. The zero-order valence-corrected chi connectivity index (χ0v) is 12.1. The van der Waals surface area contributed by atoms with Gasteiger partial charge in [0.1, 0.15) is 0 Å². The molecule has 1 saturated carbocycles. The molecule has 1 atom stereocenters. The number of aliphatic hydroxyl groups excluding tert-OH is 1. The van der Waals surface area contributed by atoms with E-state index >= 15 is 0 Å². The van der Waals surface area contributed by atoms with Crippen LogP contribution in [0.2, 0.25) is 0 Å². The first-order chi connectivity index (χ1) is 9.29. The summed E-state index contributed by atoms with van der Waals surface area (Å²) in [7, 11) is 0. The molecule has 100 valence electrons. The molecule has 0 aliphatic heterocycles. The molecule has 18 heavy (non-hydrogen) atoms. The molecule has 0 radical (unpaired) electrons. The Morgan fingerprint density at radius 1 is 1.56 bits per heavy atom. The van der Waals surface area contributed by atoms with Crippen molar-refractivity contribution < 1.29 is 7.85 Å². The lowest BCUT2D eigenvalue weighted by Crippen LogP contribution is -2.34. The first kappa shape index (κ1) is 11.3. The predicted octanol–water partition coefficient (Wildman–Crippen LogP) is 2.73. The Balaban J connectivity index is 2.18. The van der Waals surface area contributed by atoms with Crippen molar-refractivity contribution in [3.63, 3.8) is 0 Å². The first-order valence-corrected chi connectivity index (χ1v) is 7.11. The zero-order chi connectivity index (χ0) is 14.9. The molecule has 4 N–H and O–H groups in total. The highest BCUT2D eigenvalue weighted by Gasteiger charge is 2.19. The molecule has 0 aromatic heterocycles. The average Bonchev–Trinajstić information content (AvgIpc) is 2.36. The molecule has 2 rings (SSSR count). The van der Waals surface area contributed by atoms with E-state index in [1.165, 1.54) is 0 Å². The van der Waals surface area contributed by atoms with Crippen LogP contribution in [-0.4, -0.2) is 17.3 Å². The Labute approximate surface area is 120 Å². The lowest BCUT2D eigenvalue weighted by molar-refractivity contribution is 0.116. The fourth-order valence-corrected chi connectivity index (χ4v) is 2.83. The molecule has 1 fully saturated rings. The molecule has 0 heterocycles. The Morgan fingerprint density at radius 3 is 2.89 bits per heavy atom. The minimum atomic E-state index is -1.68. The predicted molar refractivity (Wildman–Crippen MR) is 78.4 cm³/mol. The maximum atomic E-state index is 9.51. The third kappa shape index (κ3) is 3.46. The van der Waals surface area contributed by atoms with Crippen LogP contribution in [0.5, 0.6) is 0 Å². The van der Waals surface area contributed by atoms with Crippen LogP contribution in [-0.2, 0) is 6.50 Å². The van der Waals surface area contributed by atoms with Gasteiger partial charge in [0.2, 0.25) is 0 Å². The van der Waals surface area contributed by atoms with Gasteiger partial charge in [-0.2, -0.15) is 0 Å². The zero-order valence-electron chi connectivity index (χ0n) is 12.5. The minimum Gasteiger partial charge on any atom is -0.398 e. The van der Waals surface area contributed by atoms with E-state index in [0.29, 0.717) is 11.3 Å². The molecule has 3 nitrogen and oxygen atoms in total. The van der Waals surface area contributed by atoms with Gasteiger partial charge >= 0.3 is 0 Å². The van der Waals surface area contributed by atoms with Gasteiger partial charge < -0.3 is 16.2 Å². The molecular formula is C14H21BrN2O. The Hall–Kier alpha value is -0.580. The topological polar surface area (TPSA) is 58.3 Å². The van der Waals surface area contributed by atoms with Crippen LogP contribution >= 0.6 is 15.9 Å². The summed E-state index contributed by atoms with van der Waals surface area (Å²) in [5, 5.41) is 12.6. The molecule has 0 spiro atoms. The monoisotopic (exact) mass is 313 g/mol. The van der Waals surface area contributed by atoms with Gasteiger partial charge in [-0.25, -0.2) is 0 Å². The van der Waals surface area contributed by atoms with E-state index in [1.807, 2.05) is 13.0 Å². The third-order valence-electron chi connectivity index (χ3n) is 3.38. The maximum absolute atomic E-state index is 9.51. The van der Waals surface area contributed by atoms with Crippen molar-refractivity contribution in [3.8, 4) is 0 Å². The second kappa shape index (κ2) is 6.04. The Bertz CT molecular complexity index is 488. The molecule has 1 unspecified atom stereocenters. The van der Waals surface area contributed by atoms with Gasteiger partial charge in [-0.05, 0) is 65.7 Å². The van der Waals surface area contributed by atoms with Gasteiger partial charge in [0.25, 0.3) is 0 Å². The molecule has 1 aliphatic rings. The SMILES string of the molecule is [1H]C([2H])(NC1CCC(O)CC1)c1cc(C)cc(Br)c1N. The number of nitrogen functional groups attached to an aromatic ring is 1. The second-order valence-electron chi connectivity index (χ2n) is 4.98. The van der Waals surface area contributed by atoms with Crippen LogP contribution in [0, 0.1) is 6.92 Å². The highest BCUT2D eigenvalue weighted by molar-refractivity contribution is 9.10. The van der Waals surface area contributed by atoms with Gasteiger partial charge in [-0.3, -0.25) is 0 Å². The van der Waals surface area contributed by atoms with E-state index in [0.717, 1.165) is 35.7 Å².